The molecule has 70 valence electrons. The lowest BCUT2D eigenvalue weighted by molar-refractivity contribution is -0.254. The van der Waals surface area contributed by atoms with Gasteiger partial charge >= 0.3 is 0 Å². The minimum absolute atomic E-state index is 0.250. The molecule has 0 amide bonds. The standard InChI is InChI=1S/C9H11NO2S/c10-8-7(9(11)12)5-3-1-2-4-6(5)13-8/h1-4,10H2,(H,11,12)/p-1. The van der Waals surface area contributed by atoms with Gasteiger partial charge < -0.3 is 15.6 Å². The van der Waals surface area contributed by atoms with E-state index in [0.717, 1.165) is 36.1 Å². The van der Waals surface area contributed by atoms with Gasteiger partial charge in [0.15, 0.2) is 0 Å². The van der Waals surface area contributed by atoms with Crippen molar-refractivity contribution in [3.05, 3.63) is 16.0 Å². The smallest absolute Gasteiger partial charge is 0.0954 e. The van der Waals surface area contributed by atoms with Crippen LogP contribution in [0.3, 0.4) is 0 Å². The summed E-state index contributed by atoms with van der Waals surface area (Å²) < 4.78 is 0. The van der Waals surface area contributed by atoms with E-state index in [-0.39, 0.29) is 5.56 Å². The second-order valence-corrected chi connectivity index (χ2v) is 4.37. The van der Waals surface area contributed by atoms with E-state index in [0.29, 0.717) is 5.00 Å². The molecule has 1 aromatic rings. The van der Waals surface area contributed by atoms with Crippen LogP contribution in [0.15, 0.2) is 0 Å². The van der Waals surface area contributed by atoms with Crippen molar-refractivity contribution in [3.63, 3.8) is 0 Å². The van der Waals surface area contributed by atoms with Crippen molar-refractivity contribution < 1.29 is 9.90 Å². The first-order valence-electron chi connectivity index (χ1n) is 4.31. The lowest BCUT2D eigenvalue weighted by Gasteiger charge is -2.12. The van der Waals surface area contributed by atoms with E-state index in [1.165, 1.54) is 11.3 Å². The van der Waals surface area contributed by atoms with Crippen LogP contribution < -0.4 is 10.8 Å². The lowest BCUT2D eigenvalue weighted by atomic mass is 9.96. The van der Waals surface area contributed by atoms with Crippen LogP contribution >= 0.6 is 11.3 Å². The Morgan fingerprint density at radius 2 is 2.08 bits per heavy atom. The Labute approximate surface area is 80.2 Å². The highest BCUT2D eigenvalue weighted by atomic mass is 32.1. The third kappa shape index (κ3) is 1.31. The maximum absolute atomic E-state index is 10.8. The molecule has 0 spiro atoms. The molecule has 0 unspecified atom stereocenters. The van der Waals surface area contributed by atoms with Gasteiger partial charge in [0.1, 0.15) is 0 Å². The zero-order valence-corrected chi connectivity index (χ0v) is 7.95. The van der Waals surface area contributed by atoms with Crippen LogP contribution in [0.25, 0.3) is 0 Å². The minimum atomic E-state index is -1.13. The van der Waals surface area contributed by atoms with Gasteiger partial charge in [0.25, 0.3) is 0 Å². The van der Waals surface area contributed by atoms with Gasteiger partial charge in [-0.25, -0.2) is 0 Å². The first kappa shape index (κ1) is 8.56. The molecule has 1 aliphatic rings. The van der Waals surface area contributed by atoms with Crippen molar-refractivity contribution in [2.24, 2.45) is 0 Å². The van der Waals surface area contributed by atoms with E-state index in [2.05, 4.69) is 0 Å². The summed E-state index contributed by atoms with van der Waals surface area (Å²) in [7, 11) is 0. The molecule has 0 fully saturated rings. The number of rotatable bonds is 1. The van der Waals surface area contributed by atoms with Crippen LogP contribution in [0.1, 0.15) is 33.6 Å². The van der Waals surface area contributed by atoms with Gasteiger partial charge in [-0.15, -0.1) is 11.3 Å². The van der Waals surface area contributed by atoms with Crippen LogP contribution in [0.5, 0.6) is 0 Å². The van der Waals surface area contributed by atoms with Crippen molar-refractivity contribution in [1.29, 1.82) is 0 Å². The number of aryl methyl sites for hydroxylation is 1. The molecule has 0 atom stereocenters. The van der Waals surface area contributed by atoms with Crippen LogP contribution in [0.4, 0.5) is 5.00 Å². The van der Waals surface area contributed by atoms with Gasteiger partial charge in [-0.05, 0) is 31.2 Å². The van der Waals surface area contributed by atoms with E-state index in [1.807, 2.05) is 0 Å². The van der Waals surface area contributed by atoms with E-state index < -0.39 is 5.97 Å². The summed E-state index contributed by atoms with van der Waals surface area (Å²) >= 11 is 1.40. The summed E-state index contributed by atoms with van der Waals surface area (Å²) in [5, 5.41) is 11.2. The van der Waals surface area contributed by atoms with Gasteiger partial charge in [-0.3, -0.25) is 0 Å². The molecule has 0 aromatic carbocycles. The zero-order chi connectivity index (χ0) is 9.42. The van der Waals surface area contributed by atoms with Crippen molar-refractivity contribution in [1.82, 2.24) is 0 Å². The molecule has 0 bridgehead atoms. The number of fused-ring (bicyclic) bond motifs is 1. The summed E-state index contributed by atoms with van der Waals surface area (Å²) in [5.41, 5.74) is 6.79. The van der Waals surface area contributed by atoms with E-state index >= 15 is 0 Å². The summed E-state index contributed by atoms with van der Waals surface area (Å²) in [4.78, 5) is 11.9. The molecule has 0 aliphatic heterocycles. The fourth-order valence-electron chi connectivity index (χ4n) is 1.81. The van der Waals surface area contributed by atoms with Crippen LogP contribution in [0.2, 0.25) is 0 Å². The number of carboxylic acid groups (broad SMARTS) is 1. The number of carbonyl (C=O) groups excluding carboxylic acids is 1. The first-order chi connectivity index (χ1) is 6.20. The number of hydrogen-bond acceptors (Lipinski definition) is 4. The summed E-state index contributed by atoms with van der Waals surface area (Å²) in [6, 6.07) is 0. The molecule has 0 saturated carbocycles. The Morgan fingerprint density at radius 3 is 2.77 bits per heavy atom. The number of thiophene rings is 1. The Bertz CT molecular complexity index is 357. The summed E-state index contributed by atoms with van der Waals surface area (Å²) in [6.07, 6.45) is 4.01. The van der Waals surface area contributed by atoms with Crippen molar-refractivity contribution in [2.45, 2.75) is 25.7 Å². The number of nitrogens with two attached hydrogens (primary N) is 1. The Kier molecular flexibility index (Phi) is 2.00. The fourth-order valence-corrected chi connectivity index (χ4v) is 2.96. The highest BCUT2D eigenvalue weighted by molar-refractivity contribution is 7.16. The van der Waals surface area contributed by atoms with Crippen LogP contribution in [-0.4, -0.2) is 5.97 Å². The van der Waals surface area contributed by atoms with Crippen LogP contribution in [-0.2, 0) is 12.8 Å². The second-order valence-electron chi connectivity index (χ2n) is 3.24. The normalized spacial score (nSPS) is 15.4. The van der Waals surface area contributed by atoms with E-state index in [1.54, 1.807) is 0 Å². The van der Waals surface area contributed by atoms with E-state index in [4.69, 9.17) is 5.73 Å². The molecular formula is C9H10NO2S-. The van der Waals surface area contributed by atoms with Crippen molar-refractivity contribution >= 4 is 22.3 Å². The van der Waals surface area contributed by atoms with Crippen molar-refractivity contribution in [2.75, 3.05) is 5.73 Å². The molecule has 1 heterocycles. The van der Waals surface area contributed by atoms with Gasteiger partial charge in [0.2, 0.25) is 0 Å². The predicted octanol–water partition coefficient (Wildman–Crippen LogP) is 0.573. The number of anilines is 1. The lowest BCUT2D eigenvalue weighted by Crippen LogP contribution is -2.24. The first-order valence-corrected chi connectivity index (χ1v) is 5.13. The monoisotopic (exact) mass is 196 g/mol. The Balaban J connectivity index is 2.54. The SMILES string of the molecule is Nc1sc2c(c1C(=O)[O-])CCCC2. The summed E-state index contributed by atoms with van der Waals surface area (Å²) in [5.74, 6) is -1.13. The fraction of sp³-hybridized carbons (Fsp3) is 0.444. The zero-order valence-electron chi connectivity index (χ0n) is 7.13. The van der Waals surface area contributed by atoms with Gasteiger partial charge in [0, 0.05) is 10.4 Å². The van der Waals surface area contributed by atoms with Crippen molar-refractivity contribution in [3.8, 4) is 0 Å². The number of nitrogen functional groups attached to an aromatic ring is 1. The minimum Gasteiger partial charge on any atom is -0.545 e. The Morgan fingerprint density at radius 1 is 1.38 bits per heavy atom. The van der Waals surface area contributed by atoms with Gasteiger partial charge in [-0.1, -0.05) is 0 Å². The molecular weight excluding hydrogens is 186 g/mol. The third-order valence-electron chi connectivity index (χ3n) is 2.40. The number of carboxylic acids is 1. The maximum atomic E-state index is 10.8. The molecule has 0 radical (unpaired) electrons. The molecule has 2 rings (SSSR count). The highest BCUT2D eigenvalue weighted by Crippen LogP contribution is 2.35. The van der Waals surface area contributed by atoms with Gasteiger partial charge in [0.05, 0.1) is 11.0 Å². The molecule has 0 saturated heterocycles. The molecule has 3 nitrogen and oxygen atoms in total. The summed E-state index contributed by atoms with van der Waals surface area (Å²) in [6.45, 7) is 0. The predicted molar refractivity (Wildman–Crippen MR) is 49.7 cm³/mol. The topological polar surface area (TPSA) is 66.2 Å². The molecule has 4 heteroatoms. The average Bonchev–Trinajstić information content (AvgIpc) is 2.39. The Hall–Kier alpha value is -1.03. The molecule has 1 aromatic heterocycles. The number of carbonyl (C=O) groups is 1. The largest absolute Gasteiger partial charge is 0.545 e. The molecule has 1 aliphatic carbocycles. The molecule has 13 heavy (non-hydrogen) atoms. The number of aromatic carboxylic acids is 1. The highest BCUT2D eigenvalue weighted by Gasteiger charge is 2.19. The van der Waals surface area contributed by atoms with Crippen LogP contribution in [0, 0.1) is 0 Å². The maximum Gasteiger partial charge on any atom is 0.0954 e. The number of hydrogen-bond donors (Lipinski definition) is 1. The average molecular weight is 196 g/mol. The van der Waals surface area contributed by atoms with E-state index in [9.17, 15) is 9.90 Å². The quantitative estimate of drug-likeness (QED) is 0.714. The van der Waals surface area contributed by atoms with Gasteiger partial charge in [-0.2, -0.15) is 0 Å². The third-order valence-corrected chi connectivity index (χ3v) is 3.52. The molecule has 2 N–H and O–H groups in total. The second kappa shape index (κ2) is 3.03.